The molecule has 1 aromatic rings. The Balaban J connectivity index is 2.11. The minimum atomic E-state index is -0.212. The molecule has 2 rings (SSSR count). The van der Waals surface area contributed by atoms with Crippen LogP contribution in [0.1, 0.15) is 11.3 Å². The van der Waals surface area contributed by atoms with Crippen LogP contribution in [0, 0.1) is 0 Å². The summed E-state index contributed by atoms with van der Waals surface area (Å²) in [6.07, 6.45) is 3.68. The van der Waals surface area contributed by atoms with Crippen LogP contribution >= 0.6 is 23.1 Å². The summed E-state index contributed by atoms with van der Waals surface area (Å²) in [6.45, 7) is 1.36. The lowest BCUT2D eigenvalue weighted by atomic mass is 10.7. The van der Waals surface area contributed by atoms with Crippen molar-refractivity contribution < 1.29 is 9.47 Å². The Morgan fingerprint density at radius 2 is 2.33 bits per heavy atom. The molecule has 1 fully saturated rings. The van der Waals surface area contributed by atoms with Crippen LogP contribution in [-0.4, -0.2) is 24.5 Å². The Kier molecular flexibility index (Phi) is 2.65. The first-order chi connectivity index (χ1) is 5.90. The molecule has 0 aliphatic carbocycles. The van der Waals surface area contributed by atoms with Crippen molar-refractivity contribution in [1.29, 1.82) is 0 Å². The second-order valence-corrected chi connectivity index (χ2v) is 4.46. The van der Waals surface area contributed by atoms with Crippen LogP contribution in [0.4, 0.5) is 0 Å². The molecular formula is C7H9NO2S2. The quantitative estimate of drug-likeness (QED) is 0.687. The van der Waals surface area contributed by atoms with E-state index in [1.165, 1.54) is 4.21 Å². The van der Waals surface area contributed by atoms with Crippen molar-refractivity contribution in [2.45, 2.75) is 10.5 Å². The molecule has 1 aliphatic heterocycles. The standard InChI is InChI=1S/C7H9NO2S2/c1-11-5-4-8-6(12-5)7-9-2-3-10-7/h4,7H,2-3H2,1H3. The van der Waals surface area contributed by atoms with Gasteiger partial charge in [-0.1, -0.05) is 0 Å². The van der Waals surface area contributed by atoms with Gasteiger partial charge in [-0.3, -0.25) is 0 Å². The van der Waals surface area contributed by atoms with Gasteiger partial charge in [0.1, 0.15) is 5.01 Å². The van der Waals surface area contributed by atoms with E-state index in [9.17, 15) is 0 Å². The molecule has 0 bridgehead atoms. The molecule has 0 N–H and O–H groups in total. The summed E-state index contributed by atoms with van der Waals surface area (Å²) in [4.78, 5) is 4.22. The third-order valence-electron chi connectivity index (χ3n) is 1.53. The average Bonchev–Trinajstić information content (AvgIpc) is 2.75. The minimum Gasteiger partial charge on any atom is -0.344 e. The highest BCUT2D eigenvalue weighted by Crippen LogP contribution is 2.30. The van der Waals surface area contributed by atoms with E-state index in [2.05, 4.69) is 4.98 Å². The summed E-state index contributed by atoms with van der Waals surface area (Å²) < 4.78 is 11.8. The van der Waals surface area contributed by atoms with E-state index in [-0.39, 0.29) is 6.29 Å². The fraction of sp³-hybridized carbons (Fsp3) is 0.571. The second kappa shape index (κ2) is 3.74. The van der Waals surface area contributed by atoms with Crippen molar-refractivity contribution >= 4 is 23.1 Å². The zero-order valence-electron chi connectivity index (χ0n) is 6.65. The van der Waals surface area contributed by atoms with Gasteiger partial charge in [-0.25, -0.2) is 4.98 Å². The van der Waals surface area contributed by atoms with E-state index >= 15 is 0 Å². The molecule has 0 atom stereocenters. The third kappa shape index (κ3) is 1.64. The smallest absolute Gasteiger partial charge is 0.211 e. The molecule has 5 heteroatoms. The number of hydrogen-bond donors (Lipinski definition) is 0. The monoisotopic (exact) mass is 203 g/mol. The van der Waals surface area contributed by atoms with Crippen LogP contribution in [0.25, 0.3) is 0 Å². The van der Waals surface area contributed by atoms with E-state index < -0.39 is 0 Å². The van der Waals surface area contributed by atoms with Crippen LogP contribution in [-0.2, 0) is 9.47 Å². The Morgan fingerprint density at radius 1 is 1.58 bits per heavy atom. The summed E-state index contributed by atoms with van der Waals surface area (Å²) in [5.74, 6) is 0. The van der Waals surface area contributed by atoms with Gasteiger partial charge < -0.3 is 9.47 Å². The summed E-state index contributed by atoms with van der Waals surface area (Å²) in [6, 6.07) is 0. The topological polar surface area (TPSA) is 31.4 Å². The van der Waals surface area contributed by atoms with E-state index in [0.29, 0.717) is 13.2 Å². The second-order valence-electron chi connectivity index (χ2n) is 2.30. The molecule has 1 aromatic heterocycles. The lowest BCUT2D eigenvalue weighted by Gasteiger charge is -2.02. The Hall–Kier alpha value is -0.100. The van der Waals surface area contributed by atoms with Crippen LogP contribution in [0.2, 0.25) is 0 Å². The summed E-state index contributed by atoms with van der Waals surface area (Å²) >= 11 is 3.33. The molecule has 0 radical (unpaired) electrons. The van der Waals surface area contributed by atoms with E-state index in [0.717, 1.165) is 5.01 Å². The lowest BCUT2D eigenvalue weighted by molar-refractivity contribution is -0.0442. The van der Waals surface area contributed by atoms with Gasteiger partial charge in [-0.05, 0) is 6.26 Å². The van der Waals surface area contributed by atoms with Crippen molar-refractivity contribution in [3.05, 3.63) is 11.2 Å². The number of rotatable bonds is 2. The zero-order valence-corrected chi connectivity index (χ0v) is 8.28. The Labute approximate surface area is 79.1 Å². The number of aromatic nitrogens is 1. The summed E-state index contributed by atoms with van der Waals surface area (Å²) in [5, 5.41) is 0.928. The molecule has 2 heterocycles. The molecule has 0 aromatic carbocycles. The number of ether oxygens (including phenoxy) is 2. The van der Waals surface area contributed by atoms with Crippen molar-refractivity contribution in [3.63, 3.8) is 0 Å². The molecule has 1 aliphatic rings. The van der Waals surface area contributed by atoms with Crippen LogP contribution in [0.3, 0.4) is 0 Å². The van der Waals surface area contributed by atoms with Gasteiger partial charge in [0.2, 0.25) is 6.29 Å². The van der Waals surface area contributed by atoms with Crippen LogP contribution < -0.4 is 0 Å². The average molecular weight is 203 g/mol. The highest BCUT2D eigenvalue weighted by atomic mass is 32.2. The maximum absolute atomic E-state index is 5.31. The fourth-order valence-corrected chi connectivity index (χ4v) is 2.37. The van der Waals surface area contributed by atoms with E-state index in [1.807, 2.05) is 12.5 Å². The maximum Gasteiger partial charge on any atom is 0.211 e. The van der Waals surface area contributed by atoms with Gasteiger partial charge >= 0.3 is 0 Å². The van der Waals surface area contributed by atoms with Crippen molar-refractivity contribution in [2.24, 2.45) is 0 Å². The van der Waals surface area contributed by atoms with Crippen molar-refractivity contribution in [1.82, 2.24) is 4.98 Å². The number of hydrogen-bond acceptors (Lipinski definition) is 5. The molecule has 0 spiro atoms. The van der Waals surface area contributed by atoms with Crippen LogP contribution in [0.15, 0.2) is 10.4 Å². The van der Waals surface area contributed by atoms with Gasteiger partial charge in [-0.2, -0.15) is 0 Å². The van der Waals surface area contributed by atoms with Gasteiger partial charge in [-0.15, -0.1) is 23.1 Å². The predicted octanol–water partition coefficient (Wildman–Crippen LogP) is 1.91. The largest absolute Gasteiger partial charge is 0.344 e. The number of thiazole rings is 1. The van der Waals surface area contributed by atoms with Gasteiger partial charge in [0.05, 0.1) is 23.6 Å². The first kappa shape index (κ1) is 8.50. The first-order valence-corrected chi connectivity index (χ1v) is 5.67. The number of nitrogens with zero attached hydrogens (tertiary/aromatic N) is 1. The van der Waals surface area contributed by atoms with Gasteiger partial charge in [0.25, 0.3) is 0 Å². The Morgan fingerprint density at radius 3 is 2.92 bits per heavy atom. The summed E-state index contributed by atoms with van der Waals surface area (Å²) in [5.41, 5.74) is 0. The van der Waals surface area contributed by atoms with Gasteiger partial charge in [0, 0.05) is 0 Å². The van der Waals surface area contributed by atoms with Crippen molar-refractivity contribution in [2.75, 3.05) is 19.5 Å². The zero-order chi connectivity index (χ0) is 8.39. The third-order valence-corrected chi connectivity index (χ3v) is 3.60. The predicted molar refractivity (Wildman–Crippen MR) is 48.5 cm³/mol. The lowest BCUT2D eigenvalue weighted by Crippen LogP contribution is -1.95. The molecule has 12 heavy (non-hydrogen) atoms. The molecule has 66 valence electrons. The SMILES string of the molecule is CSc1cnc(C2OCCO2)s1. The highest BCUT2D eigenvalue weighted by Gasteiger charge is 2.21. The van der Waals surface area contributed by atoms with Crippen LogP contribution in [0.5, 0.6) is 0 Å². The molecule has 3 nitrogen and oxygen atoms in total. The fourth-order valence-electron chi connectivity index (χ4n) is 0.976. The van der Waals surface area contributed by atoms with Crippen molar-refractivity contribution in [3.8, 4) is 0 Å². The molecule has 0 amide bonds. The summed E-state index contributed by atoms with van der Waals surface area (Å²) in [7, 11) is 0. The molecule has 1 saturated heterocycles. The van der Waals surface area contributed by atoms with Gasteiger partial charge in [0.15, 0.2) is 0 Å². The normalized spacial score (nSPS) is 18.8. The molecule has 0 saturated carbocycles. The first-order valence-electron chi connectivity index (χ1n) is 3.63. The minimum absolute atomic E-state index is 0.212. The maximum atomic E-state index is 5.31. The Bertz CT molecular complexity index is 258. The number of thioether (sulfide) groups is 1. The van der Waals surface area contributed by atoms with E-state index in [4.69, 9.17) is 9.47 Å². The molecular weight excluding hydrogens is 194 g/mol. The molecule has 0 unspecified atom stereocenters. The highest BCUT2D eigenvalue weighted by molar-refractivity contribution is 8.00. The van der Waals surface area contributed by atoms with E-state index in [1.54, 1.807) is 23.1 Å².